The molecular weight excluding hydrogens is 334 g/mol. The van der Waals surface area contributed by atoms with Crippen LogP contribution in [0.3, 0.4) is 0 Å². The molecule has 1 aliphatic rings. The molecule has 0 saturated carbocycles. The van der Waals surface area contributed by atoms with Gasteiger partial charge >= 0.3 is 0 Å². The zero-order valence-corrected chi connectivity index (χ0v) is 14.0. The van der Waals surface area contributed by atoms with E-state index >= 15 is 0 Å². The number of amides is 1. The zero-order valence-electron chi connectivity index (χ0n) is 14.0. The first-order chi connectivity index (χ1) is 12.7. The number of benzene rings is 1. The molecule has 0 saturated heterocycles. The standard InChI is InChI=1S/C19H17N3O4/c23-18(12-1-4-20-5-2-12)21-6-3-13-9-14-10-16-17(26-8-7-25-16)11-15(14)22-19(13)24/h1-2,4-5,9-11H,3,6-8H2,(H,21,23)(H,22,24). The number of aromatic amines is 1. The highest BCUT2D eigenvalue weighted by Crippen LogP contribution is 2.33. The van der Waals surface area contributed by atoms with Crippen molar-refractivity contribution in [2.75, 3.05) is 19.8 Å². The lowest BCUT2D eigenvalue weighted by atomic mass is 10.1. The first-order valence-corrected chi connectivity index (χ1v) is 8.34. The summed E-state index contributed by atoms with van der Waals surface area (Å²) in [4.78, 5) is 31.1. The molecule has 1 amide bonds. The number of hydrogen-bond acceptors (Lipinski definition) is 5. The number of fused-ring (bicyclic) bond motifs is 2. The van der Waals surface area contributed by atoms with Crippen molar-refractivity contribution in [2.24, 2.45) is 0 Å². The minimum absolute atomic E-state index is 0.174. The van der Waals surface area contributed by atoms with Gasteiger partial charge in [0, 0.05) is 41.5 Å². The lowest BCUT2D eigenvalue weighted by Gasteiger charge is -2.18. The molecule has 3 aromatic rings. The Morgan fingerprint density at radius 2 is 1.85 bits per heavy atom. The largest absolute Gasteiger partial charge is 0.486 e. The van der Waals surface area contributed by atoms with Crippen LogP contribution < -0.4 is 20.3 Å². The van der Waals surface area contributed by atoms with E-state index in [0.717, 1.165) is 5.39 Å². The van der Waals surface area contributed by atoms with Gasteiger partial charge in [-0.15, -0.1) is 0 Å². The highest BCUT2D eigenvalue weighted by Gasteiger charge is 2.14. The van der Waals surface area contributed by atoms with E-state index in [-0.39, 0.29) is 11.5 Å². The number of nitrogens with zero attached hydrogens (tertiary/aromatic N) is 1. The number of carbonyl (C=O) groups is 1. The van der Waals surface area contributed by atoms with Crippen molar-refractivity contribution >= 4 is 16.8 Å². The van der Waals surface area contributed by atoms with Crippen LogP contribution in [-0.2, 0) is 6.42 Å². The summed E-state index contributed by atoms with van der Waals surface area (Å²) in [5.74, 6) is 1.12. The highest BCUT2D eigenvalue weighted by atomic mass is 16.6. The van der Waals surface area contributed by atoms with Crippen LogP contribution in [0.25, 0.3) is 10.9 Å². The molecule has 7 nitrogen and oxygen atoms in total. The van der Waals surface area contributed by atoms with Gasteiger partial charge in [0.2, 0.25) is 0 Å². The quantitative estimate of drug-likeness (QED) is 0.746. The van der Waals surface area contributed by atoms with Crippen molar-refractivity contribution in [3.63, 3.8) is 0 Å². The van der Waals surface area contributed by atoms with Gasteiger partial charge in [-0.05, 0) is 30.7 Å². The molecule has 2 N–H and O–H groups in total. The molecule has 0 bridgehead atoms. The smallest absolute Gasteiger partial charge is 0.251 e. The predicted molar refractivity (Wildman–Crippen MR) is 95.8 cm³/mol. The summed E-state index contributed by atoms with van der Waals surface area (Å²) in [6, 6.07) is 8.75. The van der Waals surface area contributed by atoms with Crippen LogP contribution in [0.2, 0.25) is 0 Å². The molecule has 0 fully saturated rings. The molecule has 4 rings (SSSR count). The first kappa shape index (κ1) is 16.1. The minimum atomic E-state index is -0.191. The van der Waals surface area contributed by atoms with Crippen LogP contribution in [0, 0.1) is 0 Å². The number of nitrogens with one attached hydrogen (secondary N) is 2. The maximum absolute atomic E-state index is 12.3. The monoisotopic (exact) mass is 351 g/mol. The zero-order chi connectivity index (χ0) is 17.9. The van der Waals surface area contributed by atoms with E-state index < -0.39 is 0 Å². The van der Waals surface area contributed by atoms with Gasteiger partial charge in [-0.2, -0.15) is 0 Å². The van der Waals surface area contributed by atoms with E-state index in [0.29, 0.717) is 54.3 Å². The Balaban J connectivity index is 1.50. The maximum atomic E-state index is 12.3. The third-order valence-electron chi connectivity index (χ3n) is 4.21. The Kier molecular flexibility index (Phi) is 4.27. The van der Waals surface area contributed by atoms with Gasteiger partial charge in [0.1, 0.15) is 13.2 Å². The Bertz CT molecular complexity index is 1010. The molecule has 132 valence electrons. The van der Waals surface area contributed by atoms with Crippen LogP contribution >= 0.6 is 0 Å². The Labute approximate surface area is 149 Å². The van der Waals surface area contributed by atoms with Crippen molar-refractivity contribution in [3.05, 3.63) is 64.2 Å². The molecule has 7 heteroatoms. The number of hydrogen-bond donors (Lipinski definition) is 2. The molecule has 0 unspecified atom stereocenters. The van der Waals surface area contributed by atoms with Crippen LogP contribution in [-0.4, -0.2) is 35.6 Å². The van der Waals surface area contributed by atoms with Crippen molar-refractivity contribution in [3.8, 4) is 11.5 Å². The second-order valence-electron chi connectivity index (χ2n) is 5.95. The third kappa shape index (κ3) is 3.23. The van der Waals surface area contributed by atoms with Crippen molar-refractivity contribution in [1.82, 2.24) is 15.3 Å². The summed E-state index contributed by atoms with van der Waals surface area (Å²) < 4.78 is 11.1. The fourth-order valence-electron chi connectivity index (χ4n) is 2.89. The van der Waals surface area contributed by atoms with Crippen LogP contribution in [0.4, 0.5) is 0 Å². The molecule has 0 spiro atoms. The molecule has 0 atom stereocenters. The lowest BCUT2D eigenvalue weighted by Crippen LogP contribution is -2.27. The van der Waals surface area contributed by atoms with Crippen LogP contribution in [0.5, 0.6) is 11.5 Å². The molecule has 26 heavy (non-hydrogen) atoms. The van der Waals surface area contributed by atoms with Gasteiger partial charge in [0.25, 0.3) is 11.5 Å². The molecule has 1 aliphatic heterocycles. The fraction of sp³-hybridized carbons (Fsp3) is 0.211. The van der Waals surface area contributed by atoms with Crippen molar-refractivity contribution in [2.45, 2.75) is 6.42 Å². The van der Waals surface area contributed by atoms with E-state index in [1.165, 1.54) is 0 Å². The topological polar surface area (TPSA) is 93.3 Å². The molecule has 3 heterocycles. The summed E-state index contributed by atoms with van der Waals surface area (Å²) in [5.41, 5.74) is 1.66. The van der Waals surface area contributed by atoms with E-state index in [1.807, 2.05) is 12.1 Å². The number of pyridine rings is 2. The van der Waals surface area contributed by atoms with Gasteiger partial charge in [0.05, 0.1) is 5.52 Å². The molecule has 2 aromatic heterocycles. The maximum Gasteiger partial charge on any atom is 0.251 e. The molecule has 0 aliphatic carbocycles. The van der Waals surface area contributed by atoms with E-state index in [2.05, 4.69) is 15.3 Å². The normalized spacial score (nSPS) is 12.8. The second-order valence-corrected chi connectivity index (χ2v) is 5.95. The summed E-state index contributed by atoms with van der Waals surface area (Å²) >= 11 is 0. The van der Waals surface area contributed by atoms with Gasteiger partial charge in [-0.25, -0.2) is 0 Å². The number of carbonyl (C=O) groups excluding carboxylic acids is 1. The molecule has 1 aromatic carbocycles. The number of H-pyrrole nitrogens is 1. The number of aromatic nitrogens is 2. The van der Waals surface area contributed by atoms with Crippen LogP contribution in [0.1, 0.15) is 15.9 Å². The van der Waals surface area contributed by atoms with Gasteiger partial charge in [-0.1, -0.05) is 0 Å². The Hall–Kier alpha value is -3.35. The lowest BCUT2D eigenvalue weighted by molar-refractivity contribution is 0.0954. The Morgan fingerprint density at radius 1 is 1.12 bits per heavy atom. The SMILES string of the molecule is O=C(NCCc1cc2cc3c(cc2[nH]c1=O)OCCO3)c1ccncc1. The van der Waals surface area contributed by atoms with Crippen molar-refractivity contribution < 1.29 is 14.3 Å². The second kappa shape index (κ2) is 6.87. The minimum Gasteiger partial charge on any atom is -0.486 e. The number of ether oxygens (including phenoxy) is 2. The highest BCUT2D eigenvalue weighted by molar-refractivity contribution is 5.94. The molecule has 0 radical (unpaired) electrons. The average Bonchev–Trinajstić information content (AvgIpc) is 2.67. The van der Waals surface area contributed by atoms with Gasteiger partial charge < -0.3 is 19.8 Å². The Morgan fingerprint density at radius 3 is 2.62 bits per heavy atom. The fourth-order valence-corrected chi connectivity index (χ4v) is 2.89. The summed E-state index contributed by atoms with van der Waals surface area (Å²) in [7, 11) is 0. The van der Waals surface area contributed by atoms with Gasteiger partial charge in [-0.3, -0.25) is 14.6 Å². The van der Waals surface area contributed by atoms with Crippen molar-refractivity contribution in [1.29, 1.82) is 0 Å². The summed E-state index contributed by atoms with van der Waals surface area (Å²) in [5, 5.41) is 3.67. The van der Waals surface area contributed by atoms with E-state index in [4.69, 9.17) is 9.47 Å². The summed E-state index contributed by atoms with van der Waals surface area (Å²) in [6.45, 7) is 1.37. The summed E-state index contributed by atoms with van der Waals surface area (Å²) in [6.07, 6.45) is 3.56. The van der Waals surface area contributed by atoms with Crippen LogP contribution in [0.15, 0.2) is 47.5 Å². The predicted octanol–water partition coefficient (Wildman–Crippen LogP) is 1.67. The first-order valence-electron chi connectivity index (χ1n) is 8.34. The average molecular weight is 351 g/mol. The number of rotatable bonds is 4. The third-order valence-corrected chi connectivity index (χ3v) is 4.21. The van der Waals surface area contributed by atoms with E-state index in [1.54, 1.807) is 30.6 Å². The van der Waals surface area contributed by atoms with Gasteiger partial charge in [0.15, 0.2) is 11.5 Å². The van der Waals surface area contributed by atoms with E-state index in [9.17, 15) is 9.59 Å². The molecular formula is C19H17N3O4.